The number of amides is 2. The zero-order chi connectivity index (χ0) is 30.7. The number of unbranched alkanes of at least 4 members (excludes halogenated alkanes) is 1. The fraction of sp³-hybridized carbons (Fsp3) is 0.355. The van der Waals surface area contributed by atoms with E-state index in [0.717, 1.165) is 22.7 Å². The molecule has 2 amide bonds. The highest BCUT2D eigenvalue weighted by Gasteiger charge is 2.33. The summed E-state index contributed by atoms with van der Waals surface area (Å²) in [5.41, 5.74) is 1.02. The highest BCUT2D eigenvalue weighted by atomic mass is 35.5. The second kappa shape index (κ2) is 15.5. The molecule has 3 rings (SSSR count). The van der Waals surface area contributed by atoms with Crippen LogP contribution in [0.25, 0.3) is 0 Å². The van der Waals surface area contributed by atoms with Crippen LogP contribution in [0, 0.1) is 0 Å². The number of carbonyl (C=O) groups is 2. The summed E-state index contributed by atoms with van der Waals surface area (Å²) < 4.78 is 39.3. The number of anilines is 1. The highest BCUT2D eigenvalue weighted by Crippen LogP contribution is 2.27. The number of carbonyl (C=O) groups excluding carboxylic acids is 2. The summed E-state index contributed by atoms with van der Waals surface area (Å²) in [4.78, 5) is 28.8. The second-order valence-electron chi connectivity index (χ2n) is 9.60. The van der Waals surface area contributed by atoms with Gasteiger partial charge in [-0.05, 0) is 79.1 Å². The van der Waals surface area contributed by atoms with E-state index in [4.69, 9.17) is 21.1 Å². The normalized spacial score (nSPS) is 11.8. The molecule has 42 heavy (non-hydrogen) atoms. The molecule has 3 aromatic rings. The monoisotopic (exact) mass is 615 g/mol. The fourth-order valence-corrected chi connectivity index (χ4v) is 5.90. The van der Waals surface area contributed by atoms with Crippen LogP contribution in [0.15, 0.2) is 77.7 Å². The van der Waals surface area contributed by atoms with Crippen molar-refractivity contribution in [1.82, 2.24) is 10.2 Å². The van der Waals surface area contributed by atoms with Crippen LogP contribution in [-0.2, 0) is 26.2 Å². The number of nitrogens with zero attached hydrogens (tertiary/aromatic N) is 2. The molecule has 0 aliphatic carbocycles. The SMILES string of the molecule is CCCCNC(=O)C(CC)N(Cc1ccc(OC)cc1)C(=O)CN(c1ccc(Cl)cc1)S(=O)(=O)c1ccc(OC)cc1. The predicted molar refractivity (Wildman–Crippen MR) is 165 cm³/mol. The summed E-state index contributed by atoms with van der Waals surface area (Å²) in [6.45, 7) is 3.89. The molecule has 9 nitrogen and oxygen atoms in total. The Balaban J connectivity index is 2.02. The molecule has 226 valence electrons. The Labute approximate surface area is 253 Å². The standard InChI is InChI=1S/C31H38ClN3O6S/c1-5-7-20-33-31(37)29(6-2)34(21-23-8-14-26(40-3)15-9-23)30(36)22-35(25-12-10-24(32)11-13-25)42(38,39)28-18-16-27(41-4)17-19-28/h8-19,29H,5-7,20-22H2,1-4H3,(H,33,37). The van der Waals surface area contributed by atoms with Gasteiger partial charge in [0.1, 0.15) is 24.1 Å². The van der Waals surface area contributed by atoms with Gasteiger partial charge in [0.15, 0.2) is 0 Å². The Kier molecular flexibility index (Phi) is 12.1. The third-order valence-corrected chi connectivity index (χ3v) is 8.81. The molecule has 0 spiro atoms. The molecular weight excluding hydrogens is 578 g/mol. The number of nitrogens with one attached hydrogen (secondary N) is 1. The molecule has 3 aromatic carbocycles. The molecule has 11 heteroatoms. The van der Waals surface area contributed by atoms with Crippen LogP contribution >= 0.6 is 11.6 Å². The molecule has 1 unspecified atom stereocenters. The van der Waals surface area contributed by atoms with E-state index in [2.05, 4.69) is 5.32 Å². The lowest BCUT2D eigenvalue weighted by molar-refractivity contribution is -0.140. The number of hydrogen-bond donors (Lipinski definition) is 1. The minimum absolute atomic E-state index is 0.0166. The molecule has 0 heterocycles. The van der Waals surface area contributed by atoms with Gasteiger partial charge in [-0.3, -0.25) is 13.9 Å². The lowest BCUT2D eigenvalue weighted by Gasteiger charge is -2.33. The van der Waals surface area contributed by atoms with Crippen molar-refractivity contribution in [2.24, 2.45) is 0 Å². The Morgan fingerprint density at radius 2 is 1.45 bits per heavy atom. The van der Waals surface area contributed by atoms with E-state index in [1.165, 1.54) is 24.1 Å². The third kappa shape index (κ3) is 8.39. The zero-order valence-electron chi connectivity index (χ0n) is 24.4. The fourth-order valence-electron chi connectivity index (χ4n) is 4.36. The van der Waals surface area contributed by atoms with Crippen molar-refractivity contribution < 1.29 is 27.5 Å². The van der Waals surface area contributed by atoms with Crippen molar-refractivity contribution in [1.29, 1.82) is 0 Å². The van der Waals surface area contributed by atoms with Gasteiger partial charge in [0.25, 0.3) is 10.0 Å². The molecule has 1 atom stereocenters. The van der Waals surface area contributed by atoms with Crippen molar-refractivity contribution in [3.63, 3.8) is 0 Å². The summed E-state index contributed by atoms with van der Waals surface area (Å²) in [5.74, 6) is 0.327. The first-order chi connectivity index (χ1) is 20.1. The van der Waals surface area contributed by atoms with Gasteiger partial charge in [-0.2, -0.15) is 0 Å². The average Bonchev–Trinajstić information content (AvgIpc) is 3.00. The maximum absolute atomic E-state index is 14.1. The van der Waals surface area contributed by atoms with Crippen LogP contribution < -0.4 is 19.1 Å². The van der Waals surface area contributed by atoms with E-state index in [-0.39, 0.29) is 23.0 Å². The van der Waals surface area contributed by atoms with Crippen LogP contribution in [0.5, 0.6) is 11.5 Å². The van der Waals surface area contributed by atoms with E-state index < -0.39 is 28.5 Å². The first kappa shape index (κ1) is 32.8. The Morgan fingerprint density at radius 3 is 1.98 bits per heavy atom. The number of methoxy groups -OCH3 is 2. The first-order valence-electron chi connectivity index (χ1n) is 13.8. The summed E-state index contributed by atoms with van der Waals surface area (Å²) in [5, 5.41) is 3.34. The van der Waals surface area contributed by atoms with Gasteiger partial charge in [0.05, 0.1) is 24.8 Å². The molecule has 0 saturated carbocycles. The maximum Gasteiger partial charge on any atom is 0.264 e. The third-order valence-electron chi connectivity index (χ3n) is 6.77. The van der Waals surface area contributed by atoms with Crippen molar-refractivity contribution in [2.45, 2.75) is 50.6 Å². The lowest BCUT2D eigenvalue weighted by Crippen LogP contribution is -2.52. The van der Waals surface area contributed by atoms with Gasteiger partial charge < -0.3 is 19.7 Å². The van der Waals surface area contributed by atoms with E-state index in [1.54, 1.807) is 55.6 Å². The van der Waals surface area contributed by atoms with Crippen LogP contribution in [-0.4, -0.2) is 58.5 Å². The van der Waals surface area contributed by atoms with Crippen LogP contribution in [0.2, 0.25) is 5.02 Å². The van der Waals surface area contributed by atoms with E-state index in [0.29, 0.717) is 29.5 Å². The Morgan fingerprint density at radius 1 is 0.881 bits per heavy atom. The quantitative estimate of drug-likeness (QED) is 0.233. The van der Waals surface area contributed by atoms with Gasteiger partial charge in [-0.25, -0.2) is 8.42 Å². The van der Waals surface area contributed by atoms with E-state index in [9.17, 15) is 18.0 Å². The lowest BCUT2D eigenvalue weighted by atomic mass is 10.1. The number of halogens is 1. The van der Waals surface area contributed by atoms with Gasteiger partial charge >= 0.3 is 0 Å². The number of hydrogen-bond acceptors (Lipinski definition) is 6. The molecular formula is C31H38ClN3O6S. The zero-order valence-corrected chi connectivity index (χ0v) is 26.0. The summed E-state index contributed by atoms with van der Waals surface area (Å²) >= 11 is 6.09. The van der Waals surface area contributed by atoms with Gasteiger partial charge in [-0.15, -0.1) is 0 Å². The van der Waals surface area contributed by atoms with E-state index >= 15 is 0 Å². The maximum atomic E-state index is 14.1. The molecule has 0 fully saturated rings. The number of ether oxygens (including phenoxy) is 2. The average molecular weight is 616 g/mol. The summed E-state index contributed by atoms with van der Waals surface area (Å²) in [7, 11) is -1.15. The smallest absolute Gasteiger partial charge is 0.264 e. The van der Waals surface area contributed by atoms with Gasteiger partial charge in [-0.1, -0.05) is 44.0 Å². The van der Waals surface area contributed by atoms with Gasteiger partial charge in [0.2, 0.25) is 11.8 Å². The Hall–Kier alpha value is -3.76. The molecule has 0 aromatic heterocycles. The highest BCUT2D eigenvalue weighted by molar-refractivity contribution is 7.92. The number of rotatable bonds is 15. The molecule has 0 aliphatic rings. The molecule has 0 bridgehead atoms. The van der Waals surface area contributed by atoms with Gasteiger partial charge in [0, 0.05) is 18.1 Å². The molecule has 0 radical (unpaired) electrons. The van der Waals surface area contributed by atoms with Crippen molar-refractivity contribution in [3.8, 4) is 11.5 Å². The van der Waals surface area contributed by atoms with Crippen molar-refractivity contribution in [2.75, 3.05) is 31.6 Å². The van der Waals surface area contributed by atoms with Crippen molar-refractivity contribution in [3.05, 3.63) is 83.4 Å². The summed E-state index contributed by atoms with van der Waals surface area (Å²) in [6, 6.07) is 18.5. The largest absolute Gasteiger partial charge is 0.497 e. The van der Waals surface area contributed by atoms with Crippen LogP contribution in [0.4, 0.5) is 5.69 Å². The minimum Gasteiger partial charge on any atom is -0.497 e. The minimum atomic E-state index is -4.20. The molecule has 0 saturated heterocycles. The Bertz CT molecular complexity index is 1410. The molecule has 0 aliphatic heterocycles. The second-order valence-corrected chi connectivity index (χ2v) is 11.9. The number of benzene rings is 3. The topological polar surface area (TPSA) is 105 Å². The van der Waals surface area contributed by atoms with Crippen LogP contribution in [0.3, 0.4) is 0 Å². The van der Waals surface area contributed by atoms with E-state index in [1.807, 2.05) is 26.0 Å². The predicted octanol–water partition coefficient (Wildman–Crippen LogP) is 5.28. The van der Waals surface area contributed by atoms with Crippen LogP contribution in [0.1, 0.15) is 38.7 Å². The number of sulfonamides is 1. The first-order valence-corrected chi connectivity index (χ1v) is 15.6. The molecule has 1 N–H and O–H groups in total. The van der Waals surface area contributed by atoms with Crippen molar-refractivity contribution >= 4 is 39.1 Å². The summed E-state index contributed by atoms with van der Waals surface area (Å²) in [6.07, 6.45) is 2.05.